The van der Waals surface area contributed by atoms with Crippen molar-refractivity contribution in [1.29, 1.82) is 0 Å². The molecule has 0 saturated heterocycles. The van der Waals surface area contributed by atoms with Crippen molar-refractivity contribution < 1.29 is 4.42 Å². The monoisotopic (exact) mass is 239 g/mol. The van der Waals surface area contributed by atoms with Crippen LogP contribution in [0, 0.1) is 0 Å². The number of halogens is 1. The van der Waals surface area contributed by atoms with E-state index in [-0.39, 0.29) is 0 Å². The molecule has 0 radical (unpaired) electrons. The average molecular weight is 240 g/mol. The number of hydrogen-bond donors (Lipinski definition) is 1. The Kier molecular flexibility index (Phi) is 2.38. The fourth-order valence-corrected chi connectivity index (χ4v) is 1.71. The molecule has 0 saturated carbocycles. The molecular formula is C10H10BrNO. The summed E-state index contributed by atoms with van der Waals surface area (Å²) in [5, 5.41) is 4.19. The van der Waals surface area contributed by atoms with Gasteiger partial charge in [0.2, 0.25) is 0 Å². The highest BCUT2D eigenvalue weighted by Crippen LogP contribution is 2.22. The van der Waals surface area contributed by atoms with Gasteiger partial charge < -0.3 is 9.73 Å². The van der Waals surface area contributed by atoms with Gasteiger partial charge in [-0.15, -0.1) is 0 Å². The maximum Gasteiger partial charge on any atom is 0.134 e. The number of fused-ring (bicyclic) bond motifs is 1. The molecule has 0 bridgehead atoms. The van der Waals surface area contributed by atoms with E-state index in [4.69, 9.17) is 4.42 Å². The van der Waals surface area contributed by atoms with Gasteiger partial charge in [0.05, 0.1) is 6.54 Å². The minimum Gasteiger partial charge on any atom is -0.460 e. The molecule has 3 heteroatoms. The summed E-state index contributed by atoms with van der Waals surface area (Å²) in [5.41, 5.74) is 0.938. The molecule has 2 rings (SSSR count). The first-order valence-electron chi connectivity index (χ1n) is 4.12. The van der Waals surface area contributed by atoms with E-state index in [1.165, 1.54) is 0 Å². The first kappa shape index (κ1) is 8.78. The van der Waals surface area contributed by atoms with Crippen molar-refractivity contribution in [2.75, 3.05) is 7.05 Å². The zero-order chi connectivity index (χ0) is 9.26. The van der Waals surface area contributed by atoms with E-state index in [2.05, 4.69) is 33.4 Å². The summed E-state index contributed by atoms with van der Waals surface area (Å²) in [6.45, 7) is 0.770. The van der Waals surface area contributed by atoms with Crippen molar-refractivity contribution in [2.45, 2.75) is 6.54 Å². The Hall–Kier alpha value is -0.800. The van der Waals surface area contributed by atoms with Crippen LogP contribution >= 0.6 is 15.9 Å². The number of nitrogens with one attached hydrogen (secondary N) is 1. The van der Waals surface area contributed by atoms with Crippen molar-refractivity contribution in [1.82, 2.24) is 5.32 Å². The molecule has 1 aromatic heterocycles. The van der Waals surface area contributed by atoms with Crippen molar-refractivity contribution in [2.24, 2.45) is 0 Å². The Morgan fingerprint density at radius 3 is 3.00 bits per heavy atom. The van der Waals surface area contributed by atoms with Crippen molar-refractivity contribution in [3.63, 3.8) is 0 Å². The molecule has 2 aromatic rings. The number of benzene rings is 1. The zero-order valence-corrected chi connectivity index (χ0v) is 8.89. The SMILES string of the molecule is CNCc1cc2cc(Br)ccc2o1. The molecule has 0 amide bonds. The molecule has 0 spiro atoms. The molecule has 0 atom stereocenters. The Balaban J connectivity index is 2.49. The minimum atomic E-state index is 0.770. The van der Waals surface area contributed by atoms with Crippen LogP contribution in [-0.2, 0) is 6.54 Å². The minimum absolute atomic E-state index is 0.770. The van der Waals surface area contributed by atoms with Crippen LogP contribution in [0.3, 0.4) is 0 Å². The second-order valence-corrected chi connectivity index (χ2v) is 3.84. The molecule has 0 aliphatic heterocycles. The normalized spacial score (nSPS) is 10.9. The number of rotatable bonds is 2. The van der Waals surface area contributed by atoms with Crippen LogP contribution in [0.15, 0.2) is 33.2 Å². The smallest absolute Gasteiger partial charge is 0.134 e. The van der Waals surface area contributed by atoms with E-state index in [1.807, 2.05) is 19.2 Å². The van der Waals surface area contributed by atoms with Crippen molar-refractivity contribution in [3.05, 3.63) is 34.5 Å². The van der Waals surface area contributed by atoms with Gasteiger partial charge in [-0.3, -0.25) is 0 Å². The molecule has 0 aliphatic rings. The lowest BCUT2D eigenvalue weighted by atomic mass is 10.2. The fraction of sp³-hybridized carbons (Fsp3) is 0.200. The average Bonchev–Trinajstić information content (AvgIpc) is 2.46. The standard InChI is InChI=1S/C10H10BrNO/c1-12-6-9-5-7-4-8(11)2-3-10(7)13-9/h2-5,12H,6H2,1H3. The Bertz CT molecular complexity index is 422. The largest absolute Gasteiger partial charge is 0.460 e. The topological polar surface area (TPSA) is 25.2 Å². The van der Waals surface area contributed by atoms with E-state index < -0.39 is 0 Å². The van der Waals surface area contributed by atoms with E-state index in [9.17, 15) is 0 Å². The molecule has 2 nitrogen and oxygen atoms in total. The van der Waals surface area contributed by atoms with Crippen LogP contribution in [0.4, 0.5) is 0 Å². The summed E-state index contributed by atoms with van der Waals surface area (Å²) in [6.07, 6.45) is 0. The molecule has 68 valence electrons. The third-order valence-corrected chi connectivity index (χ3v) is 2.37. The van der Waals surface area contributed by atoms with Gasteiger partial charge in [-0.05, 0) is 31.3 Å². The molecular weight excluding hydrogens is 230 g/mol. The van der Waals surface area contributed by atoms with Crippen LogP contribution in [0.1, 0.15) is 5.76 Å². The second kappa shape index (κ2) is 3.52. The summed E-state index contributed by atoms with van der Waals surface area (Å²) in [7, 11) is 1.91. The van der Waals surface area contributed by atoms with Crippen molar-refractivity contribution in [3.8, 4) is 0 Å². The predicted octanol–water partition coefficient (Wildman–Crippen LogP) is 2.91. The van der Waals surface area contributed by atoms with E-state index in [0.29, 0.717) is 0 Å². The van der Waals surface area contributed by atoms with Crippen LogP contribution in [-0.4, -0.2) is 7.05 Å². The zero-order valence-electron chi connectivity index (χ0n) is 7.30. The molecule has 0 aliphatic carbocycles. The summed E-state index contributed by atoms with van der Waals surface area (Å²) in [6, 6.07) is 8.06. The highest BCUT2D eigenvalue weighted by Gasteiger charge is 2.02. The van der Waals surface area contributed by atoms with Gasteiger partial charge in [-0.1, -0.05) is 15.9 Å². The Labute approximate surface area is 85.1 Å². The highest BCUT2D eigenvalue weighted by molar-refractivity contribution is 9.10. The lowest BCUT2D eigenvalue weighted by Gasteiger charge is -1.90. The maximum absolute atomic E-state index is 5.58. The summed E-state index contributed by atoms with van der Waals surface area (Å²) >= 11 is 3.42. The van der Waals surface area contributed by atoms with Gasteiger partial charge in [0.1, 0.15) is 11.3 Å². The predicted molar refractivity (Wildman–Crippen MR) is 56.7 cm³/mol. The number of furan rings is 1. The quantitative estimate of drug-likeness (QED) is 0.872. The molecule has 13 heavy (non-hydrogen) atoms. The van der Waals surface area contributed by atoms with Gasteiger partial charge in [0.25, 0.3) is 0 Å². The fourth-order valence-electron chi connectivity index (χ4n) is 1.33. The van der Waals surface area contributed by atoms with Gasteiger partial charge >= 0.3 is 0 Å². The van der Waals surface area contributed by atoms with Crippen LogP contribution in [0.5, 0.6) is 0 Å². The summed E-state index contributed by atoms with van der Waals surface area (Å²) < 4.78 is 6.66. The lowest BCUT2D eigenvalue weighted by Crippen LogP contribution is -2.03. The van der Waals surface area contributed by atoms with Crippen molar-refractivity contribution >= 4 is 26.9 Å². The molecule has 1 heterocycles. The first-order chi connectivity index (χ1) is 6.29. The third-order valence-electron chi connectivity index (χ3n) is 1.88. The lowest BCUT2D eigenvalue weighted by molar-refractivity contribution is 0.531. The van der Waals surface area contributed by atoms with Crippen LogP contribution < -0.4 is 5.32 Å². The van der Waals surface area contributed by atoms with E-state index in [0.717, 1.165) is 27.7 Å². The third kappa shape index (κ3) is 1.76. The van der Waals surface area contributed by atoms with E-state index in [1.54, 1.807) is 0 Å². The molecule has 1 N–H and O–H groups in total. The molecule has 1 aromatic carbocycles. The maximum atomic E-state index is 5.58. The highest BCUT2D eigenvalue weighted by atomic mass is 79.9. The summed E-state index contributed by atoms with van der Waals surface area (Å²) in [4.78, 5) is 0. The van der Waals surface area contributed by atoms with Crippen LogP contribution in [0.2, 0.25) is 0 Å². The Morgan fingerprint density at radius 2 is 2.23 bits per heavy atom. The first-order valence-corrected chi connectivity index (χ1v) is 4.91. The van der Waals surface area contributed by atoms with Gasteiger partial charge in [0.15, 0.2) is 0 Å². The Morgan fingerprint density at radius 1 is 1.38 bits per heavy atom. The number of hydrogen-bond acceptors (Lipinski definition) is 2. The van der Waals surface area contributed by atoms with E-state index >= 15 is 0 Å². The van der Waals surface area contributed by atoms with Gasteiger partial charge in [-0.25, -0.2) is 0 Å². The van der Waals surface area contributed by atoms with Crippen LogP contribution in [0.25, 0.3) is 11.0 Å². The molecule has 0 unspecified atom stereocenters. The summed E-state index contributed by atoms with van der Waals surface area (Å²) in [5.74, 6) is 0.968. The van der Waals surface area contributed by atoms with Gasteiger partial charge in [0, 0.05) is 9.86 Å². The van der Waals surface area contributed by atoms with Gasteiger partial charge in [-0.2, -0.15) is 0 Å². The molecule has 0 fully saturated rings. The second-order valence-electron chi connectivity index (χ2n) is 2.93.